The zero-order valence-corrected chi connectivity index (χ0v) is 22.6. The largest absolute Gasteiger partial charge is 0.502 e. The van der Waals surface area contributed by atoms with Crippen LogP contribution in [0.3, 0.4) is 0 Å². The fourth-order valence-electron chi connectivity index (χ4n) is 5.39. The number of unbranched alkanes of at least 4 members (excludes halogenated alkanes) is 3. The predicted molar refractivity (Wildman–Crippen MR) is 147 cm³/mol. The summed E-state index contributed by atoms with van der Waals surface area (Å²) in [6, 6.07) is 9.43. The van der Waals surface area contributed by atoms with E-state index in [1.807, 2.05) is 6.07 Å². The molecule has 8 heteroatoms. The molecule has 0 saturated carbocycles. The second-order valence-electron chi connectivity index (χ2n) is 9.87. The van der Waals surface area contributed by atoms with Crippen LogP contribution in [0.15, 0.2) is 30.3 Å². The Balaban J connectivity index is 1.34. The van der Waals surface area contributed by atoms with E-state index >= 15 is 0 Å². The normalized spacial score (nSPS) is 15.0. The highest BCUT2D eigenvalue weighted by atomic mass is 16.6. The number of aromatic hydroxyl groups is 1. The van der Waals surface area contributed by atoms with Gasteiger partial charge in [0.05, 0.1) is 19.1 Å². The Bertz CT molecular complexity index is 1010. The van der Waals surface area contributed by atoms with Gasteiger partial charge >= 0.3 is 5.69 Å². The Morgan fingerprint density at radius 1 is 1.08 bits per heavy atom. The third-order valence-electron chi connectivity index (χ3n) is 7.33. The Morgan fingerprint density at radius 3 is 2.62 bits per heavy atom. The van der Waals surface area contributed by atoms with E-state index in [1.165, 1.54) is 48.9 Å². The smallest absolute Gasteiger partial charge is 0.310 e. The molecular weight excluding hydrogens is 470 g/mol. The number of benzene rings is 2. The number of nitro groups is 1. The van der Waals surface area contributed by atoms with Crippen molar-refractivity contribution in [3.8, 4) is 17.2 Å². The number of fused-ring (bicyclic) bond motifs is 1. The van der Waals surface area contributed by atoms with Crippen LogP contribution in [0.5, 0.6) is 17.2 Å². The molecule has 0 radical (unpaired) electrons. The van der Waals surface area contributed by atoms with Crippen molar-refractivity contribution >= 4 is 5.69 Å². The highest BCUT2D eigenvalue weighted by molar-refractivity contribution is 5.52. The molecule has 0 heterocycles. The van der Waals surface area contributed by atoms with E-state index < -0.39 is 4.92 Å². The van der Waals surface area contributed by atoms with E-state index in [-0.39, 0.29) is 11.4 Å². The van der Waals surface area contributed by atoms with Gasteiger partial charge in [0.2, 0.25) is 0 Å². The lowest BCUT2D eigenvalue weighted by Gasteiger charge is -2.36. The average molecular weight is 514 g/mol. The Hall–Kier alpha value is -2.84. The molecule has 1 aliphatic carbocycles. The van der Waals surface area contributed by atoms with E-state index in [4.69, 9.17) is 9.47 Å². The fraction of sp³-hybridized carbons (Fsp3) is 0.586. The van der Waals surface area contributed by atoms with E-state index in [1.54, 1.807) is 20.3 Å². The predicted octanol–water partition coefficient (Wildman–Crippen LogP) is 5.28. The number of nitrogens with zero attached hydrogens (tertiary/aromatic N) is 2. The first-order valence-electron chi connectivity index (χ1n) is 13.6. The van der Waals surface area contributed by atoms with Gasteiger partial charge in [-0.15, -0.1) is 0 Å². The number of phenols is 1. The molecule has 1 unspecified atom stereocenters. The monoisotopic (exact) mass is 513 g/mol. The number of phenolic OH excluding ortho intramolecular Hbond substituents is 1. The van der Waals surface area contributed by atoms with E-state index in [2.05, 4.69) is 23.2 Å². The number of hydrogen-bond donors (Lipinski definition) is 2. The van der Waals surface area contributed by atoms with Crippen molar-refractivity contribution in [1.82, 2.24) is 10.2 Å². The van der Waals surface area contributed by atoms with Crippen molar-refractivity contribution in [2.24, 2.45) is 0 Å². The van der Waals surface area contributed by atoms with Gasteiger partial charge in [-0.2, -0.15) is 0 Å². The van der Waals surface area contributed by atoms with Gasteiger partial charge in [-0.05, 0) is 94.4 Å². The SMILES string of the molecule is CCCN(CCCCCCNCCc1ccc(O)c([N+](=O)[O-])c1)C1CCc2c(ccc(OC)c2OC)C1. The summed E-state index contributed by atoms with van der Waals surface area (Å²) in [5.74, 6) is 1.44. The van der Waals surface area contributed by atoms with Crippen LogP contribution in [0, 0.1) is 10.1 Å². The van der Waals surface area contributed by atoms with Gasteiger partial charge in [-0.3, -0.25) is 10.1 Å². The average Bonchev–Trinajstić information content (AvgIpc) is 2.91. The lowest BCUT2D eigenvalue weighted by atomic mass is 9.86. The number of rotatable bonds is 16. The minimum absolute atomic E-state index is 0.230. The molecule has 8 nitrogen and oxygen atoms in total. The van der Waals surface area contributed by atoms with Crippen LogP contribution in [-0.2, 0) is 19.3 Å². The zero-order chi connectivity index (χ0) is 26.6. The van der Waals surface area contributed by atoms with Crippen molar-refractivity contribution < 1.29 is 19.5 Å². The summed E-state index contributed by atoms with van der Waals surface area (Å²) in [5.41, 5.74) is 3.33. The lowest BCUT2D eigenvalue weighted by molar-refractivity contribution is -0.385. The van der Waals surface area contributed by atoms with Gasteiger partial charge in [0.25, 0.3) is 0 Å². The number of nitro benzene ring substituents is 1. The third kappa shape index (κ3) is 8.07. The second kappa shape index (κ2) is 14.8. The van der Waals surface area contributed by atoms with Crippen LogP contribution in [0.2, 0.25) is 0 Å². The van der Waals surface area contributed by atoms with Crippen LogP contribution in [0.1, 0.15) is 62.1 Å². The van der Waals surface area contributed by atoms with Gasteiger partial charge in [0.15, 0.2) is 17.2 Å². The summed E-state index contributed by atoms with van der Waals surface area (Å²) in [5, 5.41) is 24.0. The number of ether oxygens (including phenoxy) is 2. The van der Waals surface area contributed by atoms with Gasteiger partial charge in [-0.25, -0.2) is 0 Å². The van der Waals surface area contributed by atoms with Crippen molar-refractivity contribution in [2.75, 3.05) is 40.4 Å². The second-order valence-corrected chi connectivity index (χ2v) is 9.87. The lowest BCUT2D eigenvalue weighted by Crippen LogP contribution is -2.40. The summed E-state index contributed by atoms with van der Waals surface area (Å²) in [6.45, 7) is 6.27. The Kier molecular flexibility index (Phi) is 11.5. The zero-order valence-electron chi connectivity index (χ0n) is 22.6. The molecule has 0 aliphatic heterocycles. The molecule has 37 heavy (non-hydrogen) atoms. The Morgan fingerprint density at radius 2 is 1.89 bits per heavy atom. The maximum atomic E-state index is 11.0. The van der Waals surface area contributed by atoms with Crippen LogP contribution in [0.4, 0.5) is 5.69 Å². The van der Waals surface area contributed by atoms with Gasteiger partial charge < -0.3 is 24.8 Å². The van der Waals surface area contributed by atoms with Crippen LogP contribution in [-0.4, -0.2) is 61.4 Å². The van der Waals surface area contributed by atoms with E-state index in [9.17, 15) is 15.2 Å². The number of methoxy groups -OCH3 is 2. The molecule has 204 valence electrons. The Labute approximate surface area is 221 Å². The molecule has 0 amide bonds. The summed E-state index contributed by atoms with van der Waals surface area (Å²) < 4.78 is 11.2. The first-order chi connectivity index (χ1) is 18.0. The molecule has 0 aromatic heterocycles. The maximum absolute atomic E-state index is 11.0. The molecular formula is C29H43N3O5. The minimum Gasteiger partial charge on any atom is -0.502 e. The van der Waals surface area contributed by atoms with Gasteiger partial charge in [-0.1, -0.05) is 31.9 Å². The topological polar surface area (TPSA) is 97.1 Å². The molecule has 0 bridgehead atoms. The first kappa shape index (κ1) is 28.7. The van der Waals surface area contributed by atoms with Crippen molar-refractivity contribution in [2.45, 2.75) is 70.8 Å². The van der Waals surface area contributed by atoms with Crippen LogP contribution >= 0.6 is 0 Å². The number of nitrogens with one attached hydrogen (secondary N) is 1. The molecule has 0 fully saturated rings. The highest BCUT2D eigenvalue weighted by Gasteiger charge is 2.27. The molecule has 0 spiro atoms. The molecule has 2 N–H and O–H groups in total. The molecule has 1 aliphatic rings. The third-order valence-corrected chi connectivity index (χ3v) is 7.33. The molecule has 3 rings (SSSR count). The minimum atomic E-state index is -0.546. The summed E-state index contributed by atoms with van der Waals surface area (Å²) in [4.78, 5) is 13.1. The van der Waals surface area contributed by atoms with Crippen LogP contribution < -0.4 is 14.8 Å². The molecule has 2 aromatic rings. The standard InChI is InChI=1S/C29H43N3O5/c1-4-18-31(24-11-12-25-23(21-24)10-14-28(36-2)29(25)37-3)19-8-6-5-7-16-30-17-15-22-9-13-27(33)26(20-22)32(34)35/h9-10,13-14,20,24,30,33H,4-8,11-12,15-19,21H2,1-3H3. The molecule has 1 atom stereocenters. The van der Waals surface area contributed by atoms with E-state index in [0.29, 0.717) is 12.5 Å². The van der Waals surface area contributed by atoms with Crippen LogP contribution in [0.25, 0.3) is 0 Å². The highest BCUT2D eigenvalue weighted by Crippen LogP contribution is 2.38. The fourth-order valence-corrected chi connectivity index (χ4v) is 5.39. The van der Waals surface area contributed by atoms with Crippen molar-refractivity contribution in [1.29, 1.82) is 0 Å². The van der Waals surface area contributed by atoms with Gasteiger partial charge in [0, 0.05) is 17.7 Å². The number of hydrogen-bond acceptors (Lipinski definition) is 7. The van der Waals surface area contributed by atoms with Crippen molar-refractivity contribution in [3.63, 3.8) is 0 Å². The molecule has 2 aromatic carbocycles. The summed E-state index contributed by atoms with van der Waals surface area (Å²) >= 11 is 0. The first-order valence-corrected chi connectivity index (χ1v) is 13.6. The molecule has 0 saturated heterocycles. The van der Waals surface area contributed by atoms with E-state index in [0.717, 1.165) is 68.9 Å². The summed E-state index contributed by atoms with van der Waals surface area (Å²) in [7, 11) is 3.43. The quantitative estimate of drug-likeness (QED) is 0.179. The van der Waals surface area contributed by atoms with Gasteiger partial charge in [0.1, 0.15) is 0 Å². The van der Waals surface area contributed by atoms with Crippen molar-refractivity contribution in [3.05, 3.63) is 57.1 Å². The summed E-state index contributed by atoms with van der Waals surface area (Å²) in [6.07, 6.45) is 9.90. The maximum Gasteiger partial charge on any atom is 0.310 e.